The van der Waals surface area contributed by atoms with E-state index in [0.29, 0.717) is 0 Å². The van der Waals surface area contributed by atoms with Crippen LogP contribution in [0.1, 0.15) is 5.56 Å². The van der Waals surface area contributed by atoms with Gasteiger partial charge in [0.05, 0.1) is 7.11 Å². The standard InChI is InChI=1S/C44H36N2O.C44H36N2/c1-45(40-29-31-44(47-2)32-30-40)39-21-13-37(14-22-39)38-19-27-43(28-20-38)46(41-23-15-35(16-24-41)33-9-5-3-6-10-33)42-25-17-36(18-26-42)34-11-7-4-8-12-34;1-33-10-9-15-44(32-33)45(2)40-24-16-38(17-25-40)39-22-30-43(31-23-39)46(41-26-18-36(19-27-41)34-11-5-3-6-12-34)42-28-20-37(21-29-42)35-13-7-4-8-14-35/h3-32H,1-2H3;3-32H,1-2H3. The molecule has 0 fully saturated rings. The van der Waals surface area contributed by atoms with E-state index in [1.165, 1.54) is 78.0 Å². The highest BCUT2D eigenvalue weighted by atomic mass is 16.5. The Labute approximate surface area is 548 Å². The molecule has 0 spiro atoms. The summed E-state index contributed by atoms with van der Waals surface area (Å²) in [4.78, 5) is 9.05. The minimum Gasteiger partial charge on any atom is -0.497 e. The van der Waals surface area contributed by atoms with Crippen molar-refractivity contribution in [3.05, 3.63) is 370 Å². The molecule has 450 valence electrons. The van der Waals surface area contributed by atoms with E-state index >= 15 is 0 Å². The Balaban J connectivity index is 0.000000169. The fourth-order valence-electron chi connectivity index (χ4n) is 11.9. The van der Waals surface area contributed by atoms with Crippen molar-refractivity contribution in [2.24, 2.45) is 0 Å². The quantitative estimate of drug-likeness (QED) is 0.0904. The molecule has 0 atom stereocenters. The van der Waals surface area contributed by atoms with Crippen molar-refractivity contribution in [2.75, 3.05) is 40.8 Å². The highest BCUT2D eigenvalue weighted by Gasteiger charge is 2.17. The number of anilines is 10. The normalized spacial score (nSPS) is 10.8. The molecule has 0 unspecified atom stereocenters. The summed E-state index contributed by atoms with van der Waals surface area (Å²) >= 11 is 0. The van der Waals surface area contributed by atoms with Crippen molar-refractivity contribution in [2.45, 2.75) is 6.92 Å². The van der Waals surface area contributed by atoms with Gasteiger partial charge in [-0.1, -0.05) is 231 Å². The van der Waals surface area contributed by atoms with Gasteiger partial charge in [-0.3, -0.25) is 0 Å². The summed E-state index contributed by atoms with van der Waals surface area (Å²) in [7, 11) is 5.89. The van der Waals surface area contributed by atoms with Gasteiger partial charge in [0.2, 0.25) is 0 Å². The first-order valence-corrected chi connectivity index (χ1v) is 31.6. The van der Waals surface area contributed by atoms with E-state index in [1.54, 1.807) is 7.11 Å². The Bertz CT molecular complexity index is 4480. The first-order valence-electron chi connectivity index (χ1n) is 31.6. The van der Waals surface area contributed by atoms with Crippen LogP contribution in [0, 0.1) is 6.92 Å². The Morgan fingerprint density at radius 2 is 0.398 bits per heavy atom. The molecule has 14 aromatic rings. The molecule has 0 radical (unpaired) electrons. The lowest BCUT2D eigenvalue weighted by Gasteiger charge is -2.26. The van der Waals surface area contributed by atoms with Crippen LogP contribution in [-0.4, -0.2) is 21.2 Å². The van der Waals surface area contributed by atoms with Crippen LogP contribution in [0.25, 0.3) is 66.8 Å². The number of hydrogen-bond acceptors (Lipinski definition) is 5. The third-order valence-electron chi connectivity index (χ3n) is 17.2. The number of aryl methyl sites for hydroxylation is 1. The first kappa shape index (κ1) is 60.0. The second kappa shape index (κ2) is 28.3. The third-order valence-corrected chi connectivity index (χ3v) is 17.2. The molecule has 0 saturated heterocycles. The molecule has 93 heavy (non-hydrogen) atoms. The van der Waals surface area contributed by atoms with Gasteiger partial charge in [-0.2, -0.15) is 0 Å². The molecule has 14 rings (SSSR count). The summed E-state index contributed by atoms with van der Waals surface area (Å²) in [5.41, 5.74) is 26.9. The SMILES string of the molecule is COc1ccc(N(C)c2ccc(-c3ccc(N(c4ccc(-c5ccccc5)cc4)c4ccc(-c5ccccc5)cc4)cc3)cc2)cc1.Cc1cccc(N(C)c2ccc(-c3ccc(N(c4ccc(-c5ccccc5)cc4)c4ccc(-c5ccccc5)cc4)cc3)cc2)c1. The lowest BCUT2D eigenvalue weighted by Crippen LogP contribution is -2.10. The zero-order chi connectivity index (χ0) is 63.3. The summed E-state index contributed by atoms with van der Waals surface area (Å²) in [6.45, 7) is 2.13. The van der Waals surface area contributed by atoms with Gasteiger partial charge in [-0.05, 0) is 213 Å². The summed E-state index contributed by atoms with van der Waals surface area (Å²) in [6, 6.07) is 129. The molecular weight excluding hydrogens is 1130 g/mol. The molecular formula is C88H72N4O. The molecule has 0 aromatic heterocycles. The topological polar surface area (TPSA) is 22.2 Å². The fraction of sp³-hybridized carbons (Fsp3) is 0.0455. The summed E-state index contributed by atoms with van der Waals surface area (Å²) in [5, 5.41) is 0. The third kappa shape index (κ3) is 14.1. The molecule has 14 aromatic carbocycles. The molecule has 0 heterocycles. The van der Waals surface area contributed by atoms with Crippen LogP contribution in [0.2, 0.25) is 0 Å². The van der Waals surface area contributed by atoms with E-state index in [9.17, 15) is 0 Å². The Kier molecular flexibility index (Phi) is 18.2. The molecule has 0 saturated carbocycles. The maximum Gasteiger partial charge on any atom is 0.119 e. The largest absolute Gasteiger partial charge is 0.497 e. The lowest BCUT2D eigenvalue weighted by atomic mass is 10.0. The van der Waals surface area contributed by atoms with E-state index in [1.807, 2.05) is 12.1 Å². The van der Waals surface area contributed by atoms with Crippen LogP contribution in [0.3, 0.4) is 0 Å². The predicted molar refractivity (Wildman–Crippen MR) is 395 cm³/mol. The summed E-state index contributed by atoms with van der Waals surface area (Å²) in [5.74, 6) is 0.855. The maximum absolute atomic E-state index is 5.31. The van der Waals surface area contributed by atoms with Crippen molar-refractivity contribution in [3.63, 3.8) is 0 Å². The van der Waals surface area contributed by atoms with Crippen molar-refractivity contribution in [1.29, 1.82) is 0 Å². The number of benzene rings is 14. The van der Waals surface area contributed by atoms with Crippen LogP contribution in [-0.2, 0) is 0 Å². The number of ether oxygens (including phenoxy) is 1. The Morgan fingerprint density at radius 3 is 0.624 bits per heavy atom. The van der Waals surface area contributed by atoms with Crippen LogP contribution in [0.4, 0.5) is 56.9 Å². The predicted octanol–water partition coefficient (Wildman–Crippen LogP) is 24.2. The molecule has 0 aliphatic rings. The summed E-state index contributed by atoms with van der Waals surface area (Å²) < 4.78 is 5.31. The average molecular weight is 1200 g/mol. The smallest absolute Gasteiger partial charge is 0.119 e. The number of hydrogen-bond donors (Lipinski definition) is 0. The van der Waals surface area contributed by atoms with Crippen molar-refractivity contribution in [3.8, 4) is 72.5 Å². The molecule has 0 aliphatic heterocycles. The van der Waals surface area contributed by atoms with Crippen molar-refractivity contribution < 1.29 is 4.74 Å². The Hall–Kier alpha value is -11.9. The highest BCUT2D eigenvalue weighted by Crippen LogP contribution is 2.41. The van der Waals surface area contributed by atoms with E-state index in [4.69, 9.17) is 4.74 Å². The van der Waals surface area contributed by atoms with Crippen LogP contribution in [0.5, 0.6) is 5.75 Å². The maximum atomic E-state index is 5.31. The van der Waals surface area contributed by atoms with Gasteiger partial charge in [0.1, 0.15) is 5.75 Å². The van der Waals surface area contributed by atoms with Gasteiger partial charge in [0, 0.05) is 71.0 Å². The lowest BCUT2D eigenvalue weighted by molar-refractivity contribution is 0.415. The molecule has 0 amide bonds. The van der Waals surface area contributed by atoms with Crippen molar-refractivity contribution in [1.82, 2.24) is 0 Å². The van der Waals surface area contributed by atoms with E-state index in [2.05, 4.69) is 392 Å². The monoisotopic (exact) mass is 1200 g/mol. The van der Waals surface area contributed by atoms with Gasteiger partial charge in [-0.15, -0.1) is 0 Å². The highest BCUT2D eigenvalue weighted by molar-refractivity contribution is 5.84. The molecule has 5 nitrogen and oxygen atoms in total. The Morgan fingerprint density at radius 1 is 0.194 bits per heavy atom. The second-order valence-electron chi connectivity index (χ2n) is 23.2. The van der Waals surface area contributed by atoms with Gasteiger partial charge in [0.25, 0.3) is 0 Å². The minimum absolute atomic E-state index is 0.855. The van der Waals surface area contributed by atoms with Crippen LogP contribution >= 0.6 is 0 Å². The molecule has 5 heteroatoms. The van der Waals surface area contributed by atoms with Gasteiger partial charge < -0.3 is 24.3 Å². The van der Waals surface area contributed by atoms with E-state index < -0.39 is 0 Å². The second-order valence-corrected chi connectivity index (χ2v) is 23.2. The zero-order valence-electron chi connectivity index (χ0n) is 52.8. The average Bonchev–Trinajstić information content (AvgIpc) is 1.40. The number of methoxy groups -OCH3 is 1. The zero-order valence-corrected chi connectivity index (χ0v) is 52.8. The minimum atomic E-state index is 0.855. The van der Waals surface area contributed by atoms with E-state index in [-0.39, 0.29) is 0 Å². The molecule has 0 aliphatic carbocycles. The molecule has 0 N–H and O–H groups in total. The summed E-state index contributed by atoms with van der Waals surface area (Å²) in [6.07, 6.45) is 0. The van der Waals surface area contributed by atoms with Gasteiger partial charge in [-0.25, -0.2) is 0 Å². The fourth-order valence-corrected chi connectivity index (χ4v) is 11.9. The van der Waals surface area contributed by atoms with Gasteiger partial charge >= 0.3 is 0 Å². The van der Waals surface area contributed by atoms with Crippen LogP contribution in [0.15, 0.2) is 364 Å². The van der Waals surface area contributed by atoms with Crippen LogP contribution < -0.4 is 24.3 Å². The number of rotatable bonds is 17. The van der Waals surface area contributed by atoms with Crippen molar-refractivity contribution >= 4 is 56.9 Å². The van der Waals surface area contributed by atoms with E-state index in [0.717, 1.165) is 56.9 Å². The number of nitrogens with zero attached hydrogens (tertiary/aromatic N) is 4. The first-order chi connectivity index (χ1) is 45.8. The molecule has 0 bridgehead atoms. The van der Waals surface area contributed by atoms with Gasteiger partial charge in [0.15, 0.2) is 0 Å².